The third-order valence-electron chi connectivity index (χ3n) is 4.65. The molecule has 0 amide bonds. The van der Waals surface area contributed by atoms with Crippen LogP contribution >= 0.6 is 0 Å². The highest BCUT2D eigenvalue weighted by Gasteiger charge is 2.18. The number of nitrogens with one attached hydrogen (secondary N) is 1. The van der Waals surface area contributed by atoms with Gasteiger partial charge in [0.2, 0.25) is 0 Å². The molecular weight excluding hydrogens is 262 g/mol. The molecule has 1 saturated heterocycles. The number of benzene rings is 1. The van der Waals surface area contributed by atoms with Gasteiger partial charge in [-0.15, -0.1) is 0 Å². The lowest BCUT2D eigenvalue weighted by Gasteiger charge is -2.31. The monoisotopic (exact) mass is 287 g/mol. The minimum absolute atomic E-state index is 0.387. The normalized spacial score (nSPS) is 21.8. The van der Waals surface area contributed by atoms with E-state index in [2.05, 4.69) is 41.1 Å². The summed E-state index contributed by atoms with van der Waals surface area (Å²) in [5.74, 6) is 0.792. The molecule has 2 N–H and O–H groups in total. The summed E-state index contributed by atoms with van der Waals surface area (Å²) < 4.78 is 0. The first-order valence-electron chi connectivity index (χ1n) is 7.97. The largest absolute Gasteiger partial charge is 0.388 e. The molecule has 1 aromatic carbocycles. The summed E-state index contributed by atoms with van der Waals surface area (Å²) in [6, 6.07) is 4.14. The molecule has 0 radical (unpaired) electrons. The summed E-state index contributed by atoms with van der Waals surface area (Å²) in [5.41, 5.74) is 3.20. The Morgan fingerprint density at radius 2 is 2.33 bits per heavy atom. The first-order chi connectivity index (χ1) is 10.1. The summed E-state index contributed by atoms with van der Waals surface area (Å²) in [4.78, 5) is 2.49. The number of aromatic nitrogens is 2. The van der Waals surface area contributed by atoms with Crippen LogP contribution in [0.2, 0.25) is 0 Å². The molecule has 1 aliphatic rings. The van der Waals surface area contributed by atoms with E-state index in [1.165, 1.54) is 25.9 Å². The van der Waals surface area contributed by atoms with Crippen LogP contribution in [-0.4, -0.2) is 39.8 Å². The van der Waals surface area contributed by atoms with Crippen LogP contribution in [0.25, 0.3) is 10.9 Å². The number of H-pyrrole nitrogens is 1. The Morgan fingerprint density at radius 3 is 3.14 bits per heavy atom. The zero-order valence-corrected chi connectivity index (χ0v) is 13.0. The van der Waals surface area contributed by atoms with E-state index in [-0.39, 0.29) is 6.10 Å². The van der Waals surface area contributed by atoms with Crippen LogP contribution in [0.5, 0.6) is 0 Å². The number of hydrogen-bond donors (Lipinski definition) is 2. The number of aromatic amines is 1. The van der Waals surface area contributed by atoms with Crippen molar-refractivity contribution in [2.24, 2.45) is 5.92 Å². The Kier molecular flexibility index (Phi) is 4.27. The average molecular weight is 287 g/mol. The van der Waals surface area contributed by atoms with Crippen LogP contribution in [0.15, 0.2) is 18.3 Å². The summed E-state index contributed by atoms with van der Waals surface area (Å²) in [6.07, 6.45) is 4.86. The molecular formula is C17H25N3O. The number of aryl methyl sites for hydroxylation is 1. The first-order valence-corrected chi connectivity index (χ1v) is 7.97. The van der Waals surface area contributed by atoms with Crippen LogP contribution in [0.4, 0.5) is 0 Å². The van der Waals surface area contributed by atoms with Crippen molar-refractivity contribution in [3.8, 4) is 0 Å². The Labute approximate surface area is 126 Å². The van der Waals surface area contributed by atoms with Gasteiger partial charge >= 0.3 is 0 Å². The molecule has 114 valence electrons. The molecule has 1 fully saturated rings. The van der Waals surface area contributed by atoms with Crippen LogP contribution in [-0.2, 0) is 0 Å². The predicted molar refractivity (Wildman–Crippen MR) is 85.2 cm³/mol. The molecule has 21 heavy (non-hydrogen) atoms. The maximum atomic E-state index is 10.5. The van der Waals surface area contributed by atoms with Crippen molar-refractivity contribution < 1.29 is 5.11 Å². The summed E-state index contributed by atoms with van der Waals surface area (Å²) in [6.45, 7) is 7.71. The number of hydrogen-bond acceptors (Lipinski definition) is 3. The highest BCUT2D eigenvalue weighted by molar-refractivity contribution is 5.79. The van der Waals surface area contributed by atoms with Gasteiger partial charge in [0.15, 0.2) is 0 Å². The van der Waals surface area contributed by atoms with Gasteiger partial charge in [0.1, 0.15) is 0 Å². The van der Waals surface area contributed by atoms with Crippen LogP contribution < -0.4 is 0 Å². The lowest BCUT2D eigenvalue weighted by atomic mass is 9.97. The highest BCUT2D eigenvalue weighted by Crippen LogP contribution is 2.26. The first kappa shape index (κ1) is 14.5. The van der Waals surface area contributed by atoms with E-state index >= 15 is 0 Å². The molecule has 1 aliphatic heterocycles. The van der Waals surface area contributed by atoms with Gasteiger partial charge in [0, 0.05) is 18.5 Å². The van der Waals surface area contributed by atoms with Gasteiger partial charge in [-0.25, -0.2) is 0 Å². The van der Waals surface area contributed by atoms with Crippen molar-refractivity contribution in [1.29, 1.82) is 0 Å². The minimum atomic E-state index is -0.387. The van der Waals surface area contributed by atoms with E-state index in [1.807, 2.05) is 6.20 Å². The third-order valence-corrected chi connectivity index (χ3v) is 4.65. The molecule has 2 heterocycles. The van der Waals surface area contributed by atoms with Crippen LogP contribution in [0.1, 0.15) is 43.4 Å². The number of likely N-dealkylation sites (tertiary alicyclic amines) is 1. The number of piperidine rings is 1. The van der Waals surface area contributed by atoms with E-state index < -0.39 is 0 Å². The average Bonchev–Trinajstić information content (AvgIpc) is 2.91. The SMILES string of the molecule is Cc1cc2[nH]ncc2cc1C(O)CCN1CCCC(C)C1. The maximum absolute atomic E-state index is 10.5. The topological polar surface area (TPSA) is 52.1 Å². The van der Waals surface area contributed by atoms with Gasteiger partial charge in [0.25, 0.3) is 0 Å². The fraction of sp³-hybridized carbons (Fsp3) is 0.588. The predicted octanol–water partition coefficient (Wildman–Crippen LogP) is 3.03. The Bertz CT molecular complexity index is 607. The molecule has 2 unspecified atom stereocenters. The Hall–Kier alpha value is -1.39. The van der Waals surface area contributed by atoms with E-state index in [9.17, 15) is 5.11 Å². The molecule has 1 aromatic heterocycles. The Morgan fingerprint density at radius 1 is 1.48 bits per heavy atom. The summed E-state index contributed by atoms with van der Waals surface area (Å²) in [5, 5.41) is 18.6. The molecule has 2 aromatic rings. The van der Waals surface area contributed by atoms with E-state index in [0.29, 0.717) is 0 Å². The fourth-order valence-corrected chi connectivity index (χ4v) is 3.43. The van der Waals surface area contributed by atoms with Gasteiger partial charge in [0.05, 0.1) is 17.8 Å². The number of aliphatic hydroxyl groups excluding tert-OH is 1. The minimum Gasteiger partial charge on any atom is -0.388 e. The van der Waals surface area contributed by atoms with Crippen molar-refractivity contribution in [2.45, 2.75) is 39.2 Å². The Balaban J connectivity index is 1.65. The summed E-state index contributed by atoms with van der Waals surface area (Å²) in [7, 11) is 0. The fourth-order valence-electron chi connectivity index (χ4n) is 3.43. The molecule has 3 rings (SSSR count). The number of fused-ring (bicyclic) bond motifs is 1. The van der Waals surface area contributed by atoms with Crippen molar-refractivity contribution in [2.75, 3.05) is 19.6 Å². The van der Waals surface area contributed by atoms with Crippen LogP contribution in [0.3, 0.4) is 0 Å². The smallest absolute Gasteiger partial charge is 0.0805 e. The second kappa shape index (κ2) is 6.16. The van der Waals surface area contributed by atoms with Crippen molar-refractivity contribution in [3.05, 3.63) is 29.5 Å². The van der Waals surface area contributed by atoms with Gasteiger partial charge in [-0.1, -0.05) is 6.92 Å². The molecule has 4 nitrogen and oxygen atoms in total. The number of aliphatic hydroxyl groups is 1. The zero-order valence-electron chi connectivity index (χ0n) is 13.0. The number of nitrogens with zero attached hydrogens (tertiary/aromatic N) is 2. The lowest BCUT2D eigenvalue weighted by Crippen LogP contribution is -2.35. The van der Waals surface area contributed by atoms with Crippen molar-refractivity contribution in [1.82, 2.24) is 15.1 Å². The second-order valence-electron chi connectivity index (χ2n) is 6.52. The van der Waals surface area contributed by atoms with E-state index in [1.54, 1.807) is 0 Å². The third kappa shape index (κ3) is 3.27. The second-order valence-corrected chi connectivity index (χ2v) is 6.52. The maximum Gasteiger partial charge on any atom is 0.0805 e. The van der Waals surface area contributed by atoms with Crippen molar-refractivity contribution in [3.63, 3.8) is 0 Å². The van der Waals surface area contributed by atoms with Gasteiger partial charge in [-0.3, -0.25) is 5.10 Å². The molecule has 0 spiro atoms. The standard InChI is InChI=1S/C17H25N3O/c1-12-4-3-6-20(11-12)7-5-17(21)15-9-14-10-18-19-16(14)8-13(15)2/h8-10,12,17,21H,3-7,11H2,1-2H3,(H,18,19). The molecule has 0 bridgehead atoms. The van der Waals surface area contributed by atoms with Crippen molar-refractivity contribution >= 4 is 10.9 Å². The van der Waals surface area contributed by atoms with E-state index in [4.69, 9.17) is 0 Å². The van der Waals surface area contributed by atoms with Gasteiger partial charge in [-0.2, -0.15) is 5.10 Å². The summed E-state index contributed by atoms with van der Waals surface area (Å²) >= 11 is 0. The van der Waals surface area contributed by atoms with Gasteiger partial charge < -0.3 is 10.0 Å². The highest BCUT2D eigenvalue weighted by atomic mass is 16.3. The molecule has 4 heteroatoms. The quantitative estimate of drug-likeness (QED) is 0.909. The molecule has 0 saturated carbocycles. The van der Waals surface area contributed by atoms with E-state index in [0.717, 1.165) is 40.9 Å². The van der Waals surface area contributed by atoms with Gasteiger partial charge in [-0.05, 0) is 61.9 Å². The van der Waals surface area contributed by atoms with Crippen LogP contribution in [0, 0.1) is 12.8 Å². The molecule has 2 atom stereocenters. The molecule has 0 aliphatic carbocycles. The number of rotatable bonds is 4. The zero-order chi connectivity index (χ0) is 14.8. The lowest BCUT2D eigenvalue weighted by molar-refractivity contribution is 0.121.